The van der Waals surface area contributed by atoms with Crippen molar-refractivity contribution in [3.63, 3.8) is 0 Å². The van der Waals surface area contributed by atoms with Gasteiger partial charge in [-0.2, -0.15) is 0 Å². The minimum atomic E-state index is -3.10. The van der Waals surface area contributed by atoms with Crippen molar-refractivity contribution in [2.24, 2.45) is 0 Å². The van der Waals surface area contributed by atoms with Crippen LogP contribution in [-0.2, 0) is 19.7 Å². The Morgan fingerprint density at radius 3 is 2.06 bits per heavy atom. The molecular formula is C10H23NO4S2. The van der Waals surface area contributed by atoms with Crippen molar-refractivity contribution in [1.82, 2.24) is 5.32 Å². The predicted octanol–water partition coefficient (Wildman–Crippen LogP) is 0.224. The van der Waals surface area contributed by atoms with Gasteiger partial charge in [-0.05, 0) is 26.8 Å². The lowest BCUT2D eigenvalue weighted by molar-refractivity contribution is 0.520. The van der Waals surface area contributed by atoms with Crippen molar-refractivity contribution in [3.8, 4) is 0 Å². The molecule has 0 aliphatic rings. The second-order valence-electron chi connectivity index (χ2n) is 4.80. The van der Waals surface area contributed by atoms with Crippen LogP contribution in [0.15, 0.2) is 0 Å². The summed E-state index contributed by atoms with van der Waals surface area (Å²) in [6.45, 7) is 5.77. The van der Waals surface area contributed by atoms with Crippen LogP contribution < -0.4 is 5.32 Å². The maximum absolute atomic E-state index is 11.4. The molecule has 0 amide bonds. The summed E-state index contributed by atoms with van der Waals surface area (Å²) >= 11 is 0. The molecule has 0 aliphatic heterocycles. The van der Waals surface area contributed by atoms with E-state index in [-0.39, 0.29) is 11.5 Å². The topological polar surface area (TPSA) is 80.3 Å². The summed E-state index contributed by atoms with van der Waals surface area (Å²) in [5.74, 6) is 0.303. The van der Waals surface area contributed by atoms with Crippen LogP contribution >= 0.6 is 0 Å². The summed E-state index contributed by atoms with van der Waals surface area (Å²) in [6, 6.07) is 0. The zero-order chi connectivity index (χ0) is 13.7. The Morgan fingerprint density at radius 1 is 1.12 bits per heavy atom. The van der Waals surface area contributed by atoms with Crippen LogP contribution in [0.4, 0.5) is 0 Å². The van der Waals surface area contributed by atoms with E-state index in [1.807, 2.05) is 0 Å². The van der Waals surface area contributed by atoms with Crippen molar-refractivity contribution in [3.05, 3.63) is 0 Å². The van der Waals surface area contributed by atoms with E-state index < -0.39 is 24.4 Å². The van der Waals surface area contributed by atoms with Crippen molar-refractivity contribution in [2.45, 2.75) is 31.9 Å². The number of nitrogens with one attached hydrogen (secondary N) is 1. The third kappa shape index (κ3) is 6.38. The van der Waals surface area contributed by atoms with Gasteiger partial charge >= 0.3 is 0 Å². The van der Waals surface area contributed by atoms with Gasteiger partial charge in [0.15, 0.2) is 9.84 Å². The van der Waals surface area contributed by atoms with Gasteiger partial charge in [0.2, 0.25) is 0 Å². The Hall–Kier alpha value is -0.140. The van der Waals surface area contributed by atoms with Gasteiger partial charge < -0.3 is 5.32 Å². The molecule has 0 unspecified atom stereocenters. The molecule has 1 N–H and O–H groups in total. The van der Waals surface area contributed by atoms with Gasteiger partial charge in [-0.1, -0.05) is 6.92 Å². The van der Waals surface area contributed by atoms with Gasteiger partial charge in [0.1, 0.15) is 9.84 Å². The normalized spacial score (nSPS) is 13.9. The molecule has 0 spiro atoms. The van der Waals surface area contributed by atoms with E-state index in [0.717, 1.165) is 0 Å². The summed E-state index contributed by atoms with van der Waals surface area (Å²) in [5, 5.41) is 2.99. The molecule has 7 heteroatoms. The lowest BCUT2D eigenvalue weighted by Gasteiger charge is -2.22. The minimum Gasteiger partial charge on any atom is -0.315 e. The molecule has 0 aromatic heterocycles. The Kier molecular flexibility index (Phi) is 6.10. The summed E-state index contributed by atoms with van der Waals surface area (Å²) in [6.07, 6.45) is 1.71. The molecule has 104 valence electrons. The highest BCUT2D eigenvalue weighted by Gasteiger charge is 2.29. The molecule has 17 heavy (non-hydrogen) atoms. The zero-order valence-electron chi connectivity index (χ0n) is 11.0. The van der Waals surface area contributed by atoms with Crippen LogP contribution in [0, 0.1) is 0 Å². The van der Waals surface area contributed by atoms with Crippen LogP contribution in [0.3, 0.4) is 0 Å². The summed E-state index contributed by atoms with van der Waals surface area (Å²) in [7, 11) is -6.03. The van der Waals surface area contributed by atoms with Crippen LogP contribution in [-0.4, -0.2) is 52.4 Å². The van der Waals surface area contributed by atoms with E-state index in [1.54, 1.807) is 20.8 Å². The quantitative estimate of drug-likeness (QED) is 0.646. The van der Waals surface area contributed by atoms with Gasteiger partial charge in [0.25, 0.3) is 0 Å². The van der Waals surface area contributed by atoms with Crippen LogP contribution in [0.2, 0.25) is 0 Å². The van der Waals surface area contributed by atoms with Crippen LogP contribution in [0.5, 0.6) is 0 Å². The zero-order valence-corrected chi connectivity index (χ0v) is 12.6. The van der Waals surface area contributed by atoms with Gasteiger partial charge in [-0.25, -0.2) is 16.8 Å². The lowest BCUT2D eigenvalue weighted by Crippen LogP contribution is -2.42. The van der Waals surface area contributed by atoms with E-state index in [4.69, 9.17) is 0 Å². The van der Waals surface area contributed by atoms with E-state index in [0.29, 0.717) is 19.5 Å². The van der Waals surface area contributed by atoms with E-state index in [9.17, 15) is 16.8 Å². The molecule has 0 aromatic carbocycles. The van der Waals surface area contributed by atoms with Gasteiger partial charge in [0, 0.05) is 18.6 Å². The number of rotatable bonds is 8. The van der Waals surface area contributed by atoms with Crippen molar-refractivity contribution in [1.29, 1.82) is 0 Å². The standard InChI is InChI=1S/C10H23NO4S2/c1-5-17(14,15)8-6-7-11-9-10(2,3)16(4,12)13/h11H,5-9H2,1-4H3. The second-order valence-corrected chi connectivity index (χ2v) is 9.92. The molecule has 0 radical (unpaired) electrons. The van der Waals surface area contributed by atoms with Crippen LogP contribution in [0.1, 0.15) is 27.2 Å². The van der Waals surface area contributed by atoms with Crippen molar-refractivity contribution < 1.29 is 16.8 Å². The average molecular weight is 285 g/mol. The Morgan fingerprint density at radius 2 is 1.65 bits per heavy atom. The first-order chi connectivity index (χ1) is 7.52. The largest absolute Gasteiger partial charge is 0.315 e. The third-order valence-corrected chi connectivity index (χ3v) is 6.75. The number of hydrogen-bond acceptors (Lipinski definition) is 5. The first-order valence-corrected chi connectivity index (χ1v) is 9.34. The molecule has 0 saturated carbocycles. The second kappa shape index (κ2) is 6.15. The first-order valence-electron chi connectivity index (χ1n) is 5.62. The molecule has 0 rings (SSSR count). The highest BCUT2D eigenvalue weighted by atomic mass is 32.2. The fourth-order valence-corrected chi connectivity index (χ4v) is 2.32. The molecule has 5 nitrogen and oxygen atoms in total. The first kappa shape index (κ1) is 16.9. The molecule has 0 aliphatic carbocycles. The predicted molar refractivity (Wildman–Crippen MR) is 70.7 cm³/mol. The Labute approximate surface area is 105 Å². The maximum atomic E-state index is 11.4. The SMILES string of the molecule is CCS(=O)(=O)CCCNCC(C)(C)S(C)(=O)=O. The summed E-state index contributed by atoms with van der Waals surface area (Å²) in [4.78, 5) is 0. The fraction of sp³-hybridized carbons (Fsp3) is 1.00. The Bertz CT molecular complexity index is 423. The molecule has 0 fully saturated rings. The van der Waals surface area contributed by atoms with E-state index in [2.05, 4.69) is 5.32 Å². The maximum Gasteiger partial charge on any atom is 0.153 e. The summed E-state index contributed by atoms with van der Waals surface area (Å²) in [5.41, 5.74) is 0. The highest BCUT2D eigenvalue weighted by Crippen LogP contribution is 2.13. The molecule has 0 atom stereocenters. The smallest absolute Gasteiger partial charge is 0.153 e. The van der Waals surface area contributed by atoms with Gasteiger partial charge in [-0.15, -0.1) is 0 Å². The van der Waals surface area contributed by atoms with Crippen molar-refractivity contribution in [2.75, 3.05) is 30.9 Å². The van der Waals surface area contributed by atoms with E-state index >= 15 is 0 Å². The minimum absolute atomic E-state index is 0.149. The highest BCUT2D eigenvalue weighted by molar-refractivity contribution is 7.92. The third-order valence-electron chi connectivity index (χ3n) is 2.80. The average Bonchev–Trinajstić information content (AvgIpc) is 2.15. The van der Waals surface area contributed by atoms with Gasteiger partial charge in [0.05, 0.1) is 10.5 Å². The van der Waals surface area contributed by atoms with E-state index in [1.165, 1.54) is 6.26 Å². The lowest BCUT2D eigenvalue weighted by atomic mass is 10.2. The molecule has 0 saturated heterocycles. The number of hydrogen-bond donors (Lipinski definition) is 1. The fourth-order valence-electron chi connectivity index (χ4n) is 1.08. The van der Waals surface area contributed by atoms with Crippen LogP contribution in [0.25, 0.3) is 0 Å². The van der Waals surface area contributed by atoms with Gasteiger partial charge in [-0.3, -0.25) is 0 Å². The van der Waals surface area contributed by atoms with Crippen molar-refractivity contribution >= 4 is 19.7 Å². The number of sulfone groups is 2. The molecule has 0 aromatic rings. The molecular weight excluding hydrogens is 262 g/mol. The Balaban J connectivity index is 3.96. The monoisotopic (exact) mass is 285 g/mol. The molecule has 0 heterocycles. The molecule has 0 bridgehead atoms. The summed E-state index contributed by atoms with van der Waals surface area (Å²) < 4.78 is 44.3.